The van der Waals surface area contributed by atoms with E-state index in [0.717, 1.165) is 15.7 Å². The lowest BCUT2D eigenvalue weighted by atomic mass is 10.2. The molecule has 0 spiro atoms. The minimum Gasteiger partial charge on any atom is -0.325 e. The van der Waals surface area contributed by atoms with Crippen molar-refractivity contribution in [3.8, 4) is 0 Å². The summed E-state index contributed by atoms with van der Waals surface area (Å²) in [5.74, 6) is -0.0361. The summed E-state index contributed by atoms with van der Waals surface area (Å²) in [5, 5.41) is 2.87. The van der Waals surface area contributed by atoms with Gasteiger partial charge in [-0.05, 0) is 50.7 Å². The van der Waals surface area contributed by atoms with E-state index in [2.05, 4.69) is 21.2 Å². The van der Waals surface area contributed by atoms with Gasteiger partial charge in [-0.1, -0.05) is 15.9 Å². The van der Waals surface area contributed by atoms with Crippen LogP contribution in [0.3, 0.4) is 0 Å². The van der Waals surface area contributed by atoms with Gasteiger partial charge in [0.25, 0.3) is 0 Å². The van der Waals surface area contributed by atoms with Crippen molar-refractivity contribution in [2.75, 3.05) is 45.3 Å². The van der Waals surface area contributed by atoms with E-state index in [0.29, 0.717) is 13.0 Å². The molecule has 0 fully saturated rings. The van der Waals surface area contributed by atoms with Crippen LogP contribution >= 0.6 is 15.9 Å². The lowest BCUT2D eigenvalue weighted by molar-refractivity contribution is -0.117. The average molecular weight is 406 g/mol. The number of likely N-dealkylation sites (N-methyl/N-ethyl adjacent to an activating group) is 1. The summed E-state index contributed by atoms with van der Waals surface area (Å²) in [6.07, 6.45) is 0.488. The lowest BCUT2D eigenvalue weighted by Crippen LogP contribution is -2.33. The summed E-state index contributed by atoms with van der Waals surface area (Å²) in [4.78, 5) is 13.9. The van der Waals surface area contributed by atoms with Crippen molar-refractivity contribution in [2.45, 2.75) is 13.3 Å². The van der Waals surface area contributed by atoms with Gasteiger partial charge in [0.15, 0.2) is 0 Å². The predicted octanol–water partition coefficient (Wildman–Crippen LogP) is 1.91. The molecule has 6 nitrogen and oxygen atoms in total. The first kappa shape index (κ1) is 20.1. The Balaban J connectivity index is 2.42. The summed E-state index contributed by atoms with van der Waals surface area (Å²) >= 11 is 3.38. The van der Waals surface area contributed by atoms with Crippen LogP contribution in [0.1, 0.15) is 12.0 Å². The lowest BCUT2D eigenvalue weighted by Gasteiger charge is -2.17. The zero-order valence-corrected chi connectivity index (χ0v) is 16.4. The van der Waals surface area contributed by atoms with E-state index in [1.807, 2.05) is 30.0 Å². The highest BCUT2D eigenvalue weighted by Gasteiger charge is 2.14. The molecule has 1 N–H and O–H groups in total. The van der Waals surface area contributed by atoms with Crippen molar-refractivity contribution >= 4 is 37.5 Å². The van der Waals surface area contributed by atoms with Crippen LogP contribution in [0.25, 0.3) is 0 Å². The number of benzene rings is 1. The number of halogens is 1. The molecule has 0 heterocycles. The Morgan fingerprint density at radius 1 is 1.26 bits per heavy atom. The first-order chi connectivity index (χ1) is 10.6. The number of carbonyl (C=O) groups excluding carboxylic acids is 1. The molecule has 0 aliphatic rings. The second kappa shape index (κ2) is 8.77. The Labute approximate surface area is 147 Å². The van der Waals surface area contributed by atoms with Crippen LogP contribution in [0, 0.1) is 6.92 Å². The van der Waals surface area contributed by atoms with Gasteiger partial charge in [-0.3, -0.25) is 9.69 Å². The fourth-order valence-corrected chi connectivity index (χ4v) is 3.32. The van der Waals surface area contributed by atoms with Crippen molar-refractivity contribution in [3.63, 3.8) is 0 Å². The SMILES string of the molecule is Cc1cc(Br)ccc1NC(=O)CN(C)CCCS(=O)(=O)N(C)C. The van der Waals surface area contributed by atoms with Gasteiger partial charge in [0, 0.05) is 24.3 Å². The van der Waals surface area contributed by atoms with Crippen LogP contribution in [0.4, 0.5) is 5.69 Å². The van der Waals surface area contributed by atoms with Crippen LogP contribution in [0.15, 0.2) is 22.7 Å². The van der Waals surface area contributed by atoms with Crippen LogP contribution in [0.5, 0.6) is 0 Å². The van der Waals surface area contributed by atoms with Crippen molar-refractivity contribution in [3.05, 3.63) is 28.2 Å². The van der Waals surface area contributed by atoms with Gasteiger partial charge in [0.05, 0.1) is 12.3 Å². The monoisotopic (exact) mass is 405 g/mol. The zero-order chi connectivity index (χ0) is 17.6. The van der Waals surface area contributed by atoms with Gasteiger partial charge in [-0.2, -0.15) is 0 Å². The minimum absolute atomic E-state index is 0.0811. The first-order valence-electron chi connectivity index (χ1n) is 7.26. The van der Waals surface area contributed by atoms with Gasteiger partial charge in [-0.25, -0.2) is 12.7 Å². The molecule has 0 saturated carbocycles. The Morgan fingerprint density at radius 2 is 1.91 bits per heavy atom. The van der Waals surface area contributed by atoms with Gasteiger partial charge in [0.2, 0.25) is 15.9 Å². The Morgan fingerprint density at radius 3 is 2.48 bits per heavy atom. The minimum atomic E-state index is -3.18. The summed E-state index contributed by atoms with van der Waals surface area (Å²) in [5.41, 5.74) is 1.76. The van der Waals surface area contributed by atoms with Crippen molar-refractivity contribution < 1.29 is 13.2 Å². The third-order valence-corrected chi connectivity index (χ3v) is 5.79. The Bertz CT molecular complexity index is 647. The third kappa shape index (κ3) is 6.99. The quantitative estimate of drug-likeness (QED) is 0.716. The molecular formula is C15H24BrN3O3S. The molecule has 0 saturated heterocycles. The topological polar surface area (TPSA) is 69.7 Å². The molecule has 0 radical (unpaired) electrons. The number of aryl methyl sites for hydroxylation is 1. The summed E-state index contributed by atoms with van der Waals surface area (Å²) in [7, 11) is 1.66. The molecule has 0 atom stereocenters. The maximum atomic E-state index is 12.0. The van der Waals surface area contributed by atoms with E-state index in [9.17, 15) is 13.2 Å². The maximum absolute atomic E-state index is 12.0. The summed E-state index contributed by atoms with van der Waals surface area (Å²) in [6, 6.07) is 5.66. The fourth-order valence-electron chi connectivity index (χ4n) is 1.98. The molecule has 0 aliphatic heterocycles. The van der Waals surface area contributed by atoms with Crippen LogP contribution in [-0.4, -0.2) is 63.5 Å². The molecule has 23 heavy (non-hydrogen) atoms. The van der Waals surface area contributed by atoms with Crippen LogP contribution < -0.4 is 5.32 Å². The summed E-state index contributed by atoms with van der Waals surface area (Å²) in [6.45, 7) is 2.69. The van der Waals surface area contributed by atoms with Crippen LogP contribution in [-0.2, 0) is 14.8 Å². The second-order valence-electron chi connectivity index (χ2n) is 5.70. The normalized spacial score (nSPS) is 12.0. The third-order valence-electron chi connectivity index (χ3n) is 3.37. The van der Waals surface area contributed by atoms with Gasteiger partial charge in [-0.15, -0.1) is 0 Å². The number of amides is 1. The van der Waals surface area contributed by atoms with E-state index in [1.54, 1.807) is 7.05 Å². The standard InChI is InChI=1S/C15H24BrN3O3S/c1-12-10-13(16)6-7-14(12)17-15(20)11-19(4)8-5-9-23(21,22)18(2)3/h6-7,10H,5,8-9,11H2,1-4H3,(H,17,20). The largest absolute Gasteiger partial charge is 0.325 e. The highest BCUT2D eigenvalue weighted by molar-refractivity contribution is 9.10. The highest BCUT2D eigenvalue weighted by atomic mass is 79.9. The molecular weight excluding hydrogens is 382 g/mol. The van der Waals surface area contributed by atoms with E-state index in [-0.39, 0.29) is 18.2 Å². The number of rotatable bonds is 8. The van der Waals surface area contributed by atoms with Crippen LogP contribution in [0.2, 0.25) is 0 Å². The van der Waals surface area contributed by atoms with Gasteiger partial charge < -0.3 is 5.32 Å². The molecule has 130 valence electrons. The molecule has 1 rings (SSSR count). The molecule has 1 aromatic carbocycles. The number of carbonyl (C=O) groups is 1. The smallest absolute Gasteiger partial charge is 0.238 e. The number of hydrogen-bond acceptors (Lipinski definition) is 4. The molecule has 1 aromatic rings. The Hall–Kier alpha value is -0.960. The van der Waals surface area contributed by atoms with E-state index >= 15 is 0 Å². The van der Waals surface area contributed by atoms with E-state index in [1.165, 1.54) is 18.4 Å². The number of anilines is 1. The second-order valence-corrected chi connectivity index (χ2v) is 8.92. The molecule has 8 heteroatoms. The Kier molecular flexibility index (Phi) is 7.66. The van der Waals surface area contributed by atoms with E-state index < -0.39 is 10.0 Å². The number of nitrogens with zero attached hydrogens (tertiary/aromatic N) is 2. The molecule has 0 unspecified atom stereocenters. The molecule has 1 amide bonds. The fraction of sp³-hybridized carbons (Fsp3) is 0.533. The number of hydrogen-bond donors (Lipinski definition) is 1. The van der Waals surface area contributed by atoms with Crippen molar-refractivity contribution in [1.29, 1.82) is 0 Å². The van der Waals surface area contributed by atoms with Gasteiger partial charge in [0.1, 0.15) is 0 Å². The maximum Gasteiger partial charge on any atom is 0.238 e. The molecule has 0 aliphatic carbocycles. The van der Waals surface area contributed by atoms with E-state index in [4.69, 9.17) is 0 Å². The predicted molar refractivity (Wildman–Crippen MR) is 97.1 cm³/mol. The average Bonchev–Trinajstić information content (AvgIpc) is 2.41. The molecule has 0 bridgehead atoms. The van der Waals surface area contributed by atoms with Crippen molar-refractivity contribution in [1.82, 2.24) is 9.21 Å². The molecule has 0 aromatic heterocycles. The van der Waals surface area contributed by atoms with Gasteiger partial charge >= 0.3 is 0 Å². The first-order valence-corrected chi connectivity index (χ1v) is 9.67. The summed E-state index contributed by atoms with van der Waals surface area (Å²) < 4.78 is 25.5. The highest BCUT2D eigenvalue weighted by Crippen LogP contribution is 2.19. The van der Waals surface area contributed by atoms with Crippen molar-refractivity contribution in [2.24, 2.45) is 0 Å². The zero-order valence-electron chi connectivity index (χ0n) is 14.0. The number of nitrogens with one attached hydrogen (secondary N) is 1. The number of sulfonamides is 1.